The van der Waals surface area contributed by atoms with Gasteiger partial charge in [-0.15, -0.1) is 0 Å². The second-order valence-corrected chi connectivity index (χ2v) is 4.14. The summed E-state index contributed by atoms with van der Waals surface area (Å²) in [5.41, 5.74) is 5.62. The number of nitrogen functional groups attached to an aromatic ring is 1. The van der Waals surface area contributed by atoms with Crippen LogP contribution in [0.5, 0.6) is 0 Å². The molecule has 2 aromatic rings. The fourth-order valence-corrected chi connectivity index (χ4v) is 1.58. The third-order valence-electron chi connectivity index (χ3n) is 2.76. The number of rotatable bonds is 2. The molecule has 0 aliphatic carbocycles. The molecule has 2 nitrogen and oxygen atoms in total. The Morgan fingerprint density at radius 3 is 1.85 bits per heavy atom. The SMILES string of the molecule is Cc1ccc(Nc2c(F)c(F)c(F)c(F)c2F)cc1N. The summed E-state index contributed by atoms with van der Waals surface area (Å²) in [4.78, 5) is 0. The average molecular weight is 288 g/mol. The predicted octanol–water partition coefficient (Wildman–Crippen LogP) is 4.02. The van der Waals surface area contributed by atoms with Crippen molar-refractivity contribution in [1.29, 1.82) is 0 Å². The molecule has 0 saturated carbocycles. The first-order chi connectivity index (χ1) is 9.32. The highest BCUT2D eigenvalue weighted by molar-refractivity contribution is 5.66. The minimum atomic E-state index is -2.20. The molecule has 0 aliphatic rings. The Kier molecular flexibility index (Phi) is 3.52. The Bertz CT molecular complexity index is 656. The van der Waals surface area contributed by atoms with E-state index in [2.05, 4.69) is 5.32 Å². The van der Waals surface area contributed by atoms with E-state index >= 15 is 0 Å². The van der Waals surface area contributed by atoms with Gasteiger partial charge in [0.2, 0.25) is 5.82 Å². The van der Waals surface area contributed by atoms with E-state index in [1.165, 1.54) is 12.1 Å². The maximum absolute atomic E-state index is 13.5. The van der Waals surface area contributed by atoms with Crippen LogP contribution < -0.4 is 11.1 Å². The number of aryl methyl sites for hydroxylation is 1. The summed E-state index contributed by atoms with van der Waals surface area (Å²) in [6, 6.07) is 4.28. The van der Waals surface area contributed by atoms with Gasteiger partial charge in [-0.2, -0.15) is 0 Å². The first-order valence-electron chi connectivity index (χ1n) is 5.47. The lowest BCUT2D eigenvalue weighted by molar-refractivity contribution is 0.382. The van der Waals surface area contributed by atoms with Crippen LogP contribution in [0, 0.1) is 36.0 Å². The van der Waals surface area contributed by atoms with Gasteiger partial charge in [0, 0.05) is 11.4 Å². The summed E-state index contributed by atoms with van der Waals surface area (Å²) in [6.45, 7) is 1.71. The Labute approximate surface area is 111 Å². The summed E-state index contributed by atoms with van der Waals surface area (Å²) in [7, 11) is 0. The smallest absolute Gasteiger partial charge is 0.200 e. The first-order valence-corrected chi connectivity index (χ1v) is 5.47. The summed E-state index contributed by atoms with van der Waals surface area (Å²) >= 11 is 0. The van der Waals surface area contributed by atoms with Crippen LogP contribution in [0.3, 0.4) is 0 Å². The molecular weight excluding hydrogens is 279 g/mol. The van der Waals surface area contributed by atoms with E-state index in [0.29, 0.717) is 11.3 Å². The van der Waals surface area contributed by atoms with Gasteiger partial charge < -0.3 is 11.1 Å². The molecule has 0 amide bonds. The van der Waals surface area contributed by atoms with Gasteiger partial charge in [0.25, 0.3) is 0 Å². The molecule has 0 aromatic heterocycles. The van der Waals surface area contributed by atoms with Crippen molar-refractivity contribution in [3.05, 3.63) is 52.8 Å². The first kappa shape index (κ1) is 14.1. The molecule has 3 N–H and O–H groups in total. The summed E-state index contributed by atoms with van der Waals surface area (Å²) in [5.74, 6) is -10.1. The molecule has 0 fully saturated rings. The van der Waals surface area contributed by atoms with Crippen LogP contribution in [0.2, 0.25) is 0 Å². The molecule has 106 valence electrons. The molecule has 2 aromatic carbocycles. The zero-order chi connectivity index (χ0) is 15.0. The lowest BCUT2D eigenvalue weighted by Crippen LogP contribution is -2.07. The van der Waals surface area contributed by atoms with Gasteiger partial charge in [-0.1, -0.05) is 6.07 Å². The van der Waals surface area contributed by atoms with Crippen LogP contribution in [0.25, 0.3) is 0 Å². The molecular formula is C13H9F5N2. The van der Waals surface area contributed by atoms with Gasteiger partial charge in [0.15, 0.2) is 23.3 Å². The van der Waals surface area contributed by atoms with E-state index in [-0.39, 0.29) is 5.69 Å². The minimum absolute atomic E-state index is 0.108. The molecule has 0 spiro atoms. The van der Waals surface area contributed by atoms with Gasteiger partial charge in [-0.3, -0.25) is 0 Å². The monoisotopic (exact) mass is 288 g/mol. The quantitative estimate of drug-likeness (QED) is 0.379. The summed E-state index contributed by atoms with van der Waals surface area (Å²) in [6.07, 6.45) is 0. The topological polar surface area (TPSA) is 38.0 Å². The molecule has 0 aliphatic heterocycles. The second-order valence-electron chi connectivity index (χ2n) is 4.14. The number of anilines is 3. The standard InChI is InChI=1S/C13H9F5N2/c1-5-2-3-6(4-7(5)19)20-13-11(17)9(15)8(14)10(16)12(13)18/h2-4,20H,19H2,1H3. The lowest BCUT2D eigenvalue weighted by Gasteiger charge is -2.12. The molecule has 0 bridgehead atoms. The predicted molar refractivity (Wildman–Crippen MR) is 65.1 cm³/mol. The Balaban J connectivity index is 2.51. The molecule has 2 rings (SSSR count). The van der Waals surface area contributed by atoms with Crippen LogP contribution in [0.15, 0.2) is 18.2 Å². The third kappa shape index (κ3) is 2.26. The van der Waals surface area contributed by atoms with Crippen molar-refractivity contribution in [2.24, 2.45) is 0 Å². The van der Waals surface area contributed by atoms with Crippen LogP contribution >= 0.6 is 0 Å². The van der Waals surface area contributed by atoms with E-state index in [1.54, 1.807) is 13.0 Å². The third-order valence-corrected chi connectivity index (χ3v) is 2.76. The lowest BCUT2D eigenvalue weighted by atomic mass is 10.1. The normalized spacial score (nSPS) is 10.7. The maximum atomic E-state index is 13.5. The molecule has 0 saturated heterocycles. The van der Waals surface area contributed by atoms with Crippen LogP contribution in [0.4, 0.5) is 39.0 Å². The molecule has 0 unspecified atom stereocenters. The fourth-order valence-electron chi connectivity index (χ4n) is 1.58. The summed E-state index contributed by atoms with van der Waals surface area (Å²) in [5, 5.41) is 2.14. The molecule has 0 atom stereocenters. The van der Waals surface area contributed by atoms with Crippen molar-refractivity contribution < 1.29 is 22.0 Å². The number of hydrogen-bond acceptors (Lipinski definition) is 2. The second kappa shape index (κ2) is 4.99. The number of nitrogens with one attached hydrogen (secondary N) is 1. The minimum Gasteiger partial charge on any atom is -0.398 e. The van der Waals surface area contributed by atoms with Crippen LogP contribution in [-0.2, 0) is 0 Å². The Hall–Kier alpha value is -2.31. The number of hydrogen-bond donors (Lipinski definition) is 2. The largest absolute Gasteiger partial charge is 0.398 e. The van der Waals surface area contributed by atoms with Crippen molar-refractivity contribution in [3.8, 4) is 0 Å². The molecule has 0 radical (unpaired) electrons. The molecule has 0 heterocycles. The maximum Gasteiger partial charge on any atom is 0.200 e. The Morgan fingerprint density at radius 2 is 1.35 bits per heavy atom. The fraction of sp³-hybridized carbons (Fsp3) is 0.0769. The van der Waals surface area contributed by atoms with Crippen molar-refractivity contribution >= 4 is 17.1 Å². The average Bonchev–Trinajstić information content (AvgIpc) is 2.43. The van der Waals surface area contributed by atoms with Crippen molar-refractivity contribution in [2.75, 3.05) is 11.1 Å². The number of nitrogens with two attached hydrogens (primary N) is 1. The number of halogens is 5. The van der Waals surface area contributed by atoms with Crippen LogP contribution in [0.1, 0.15) is 5.56 Å². The van der Waals surface area contributed by atoms with E-state index in [1.807, 2.05) is 0 Å². The Morgan fingerprint density at radius 1 is 0.850 bits per heavy atom. The molecule has 20 heavy (non-hydrogen) atoms. The highest BCUT2D eigenvalue weighted by Crippen LogP contribution is 2.30. The van der Waals surface area contributed by atoms with Gasteiger partial charge in [-0.25, -0.2) is 22.0 Å². The van der Waals surface area contributed by atoms with Crippen molar-refractivity contribution in [3.63, 3.8) is 0 Å². The van der Waals surface area contributed by atoms with E-state index in [9.17, 15) is 22.0 Å². The highest BCUT2D eigenvalue weighted by Gasteiger charge is 2.25. The number of benzene rings is 2. The van der Waals surface area contributed by atoms with Gasteiger partial charge >= 0.3 is 0 Å². The van der Waals surface area contributed by atoms with Crippen molar-refractivity contribution in [2.45, 2.75) is 6.92 Å². The van der Waals surface area contributed by atoms with Crippen LogP contribution in [-0.4, -0.2) is 0 Å². The van der Waals surface area contributed by atoms with Crippen molar-refractivity contribution in [1.82, 2.24) is 0 Å². The van der Waals surface area contributed by atoms with E-state index in [0.717, 1.165) is 0 Å². The van der Waals surface area contributed by atoms with Gasteiger partial charge in [-0.05, 0) is 24.6 Å². The van der Waals surface area contributed by atoms with E-state index < -0.39 is 34.8 Å². The van der Waals surface area contributed by atoms with E-state index in [4.69, 9.17) is 5.73 Å². The van der Waals surface area contributed by atoms with Gasteiger partial charge in [0.1, 0.15) is 5.69 Å². The van der Waals surface area contributed by atoms with Gasteiger partial charge in [0.05, 0.1) is 0 Å². The highest BCUT2D eigenvalue weighted by atomic mass is 19.2. The zero-order valence-electron chi connectivity index (χ0n) is 10.2. The summed E-state index contributed by atoms with van der Waals surface area (Å²) < 4.78 is 65.8. The zero-order valence-corrected chi connectivity index (χ0v) is 10.2. The molecule has 7 heteroatoms.